The number of hydrogen-bond acceptors (Lipinski definition) is 3. The van der Waals surface area contributed by atoms with Crippen LogP contribution < -0.4 is 0 Å². The molecule has 0 bridgehead atoms. The molecule has 0 radical (unpaired) electrons. The van der Waals surface area contributed by atoms with Gasteiger partial charge in [-0.1, -0.05) is 35.0 Å². The van der Waals surface area contributed by atoms with Gasteiger partial charge < -0.3 is 4.74 Å². The average Bonchev–Trinajstić information content (AvgIpc) is 2.36. The van der Waals surface area contributed by atoms with E-state index in [9.17, 15) is 4.79 Å². The lowest BCUT2D eigenvalue weighted by Crippen LogP contribution is -2.26. The van der Waals surface area contributed by atoms with Gasteiger partial charge in [-0.05, 0) is 24.2 Å². The van der Waals surface area contributed by atoms with Crippen molar-refractivity contribution in [3.8, 4) is 0 Å². The summed E-state index contributed by atoms with van der Waals surface area (Å²) in [5.41, 5.74) is 1.25. The molecule has 0 N–H and O–H groups in total. The molecule has 0 unspecified atom stereocenters. The van der Waals surface area contributed by atoms with Crippen molar-refractivity contribution < 1.29 is 9.53 Å². The highest BCUT2D eigenvalue weighted by Gasteiger charge is 2.07. The third-order valence-corrected chi connectivity index (χ3v) is 3.16. The van der Waals surface area contributed by atoms with Gasteiger partial charge in [-0.3, -0.25) is 9.69 Å². The molecule has 0 spiro atoms. The van der Waals surface area contributed by atoms with Crippen LogP contribution >= 0.6 is 15.9 Å². The van der Waals surface area contributed by atoms with Gasteiger partial charge in [0.25, 0.3) is 0 Å². The number of carbonyl (C=O) groups is 1. The molecule has 0 saturated carbocycles. The first-order valence-corrected chi connectivity index (χ1v) is 6.48. The van der Waals surface area contributed by atoms with Crippen molar-refractivity contribution in [3.63, 3.8) is 0 Å². The van der Waals surface area contributed by atoms with Crippen molar-refractivity contribution in [1.29, 1.82) is 0 Å². The van der Waals surface area contributed by atoms with E-state index in [0.717, 1.165) is 24.1 Å². The van der Waals surface area contributed by atoms with Crippen molar-refractivity contribution in [3.05, 3.63) is 34.3 Å². The third kappa shape index (κ3) is 5.33. The van der Waals surface area contributed by atoms with Crippen molar-refractivity contribution in [2.75, 3.05) is 20.2 Å². The quantitative estimate of drug-likeness (QED) is 0.757. The van der Waals surface area contributed by atoms with E-state index >= 15 is 0 Å². The van der Waals surface area contributed by atoms with Gasteiger partial charge in [0.15, 0.2) is 0 Å². The molecular weight excluding hydrogens is 282 g/mol. The van der Waals surface area contributed by atoms with Gasteiger partial charge in [-0.15, -0.1) is 0 Å². The Bertz CT molecular complexity index is 351. The van der Waals surface area contributed by atoms with E-state index in [1.54, 1.807) is 0 Å². The monoisotopic (exact) mass is 299 g/mol. The van der Waals surface area contributed by atoms with Crippen LogP contribution in [-0.4, -0.2) is 31.1 Å². The standard InChI is InChI=1S/C13H18BrNO2/c1-3-15(9-8-13(16)17-2)10-11-4-6-12(14)7-5-11/h4-7H,3,8-10H2,1-2H3. The molecule has 4 heteroatoms. The average molecular weight is 300 g/mol. The summed E-state index contributed by atoms with van der Waals surface area (Å²) in [4.78, 5) is 13.3. The maximum Gasteiger partial charge on any atom is 0.306 e. The fraction of sp³-hybridized carbons (Fsp3) is 0.462. The highest BCUT2D eigenvalue weighted by Crippen LogP contribution is 2.12. The Morgan fingerprint density at radius 2 is 2.00 bits per heavy atom. The molecule has 0 aromatic heterocycles. The predicted octanol–water partition coefficient (Wildman–Crippen LogP) is 2.83. The minimum Gasteiger partial charge on any atom is -0.469 e. The normalized spacial score (nSPS) is 10.6. The predicted molar refractivity (Wildman–Crippen MR) is 71.7 cm³/mol. The zero-order valence-corrected chi connectivity index (χ0v) is 11.9. The number of esters is 1. The number of nitrogens with zero attached hydrogens (tertiary/aromatic N) is 1. The fourth-order valence-corrected chi connectivity index (χ4v) is 1.81. The summed E-state index contributed by atoms with van der Waals surface area (Å²) in [6, 6.07) is 8.24. The largest absolute Gasteiger partial charge is 0.469 e. The Morgan fingerprint density at radius 3 is 2.53 bits per heavy atom. The number of rotatable bonds is 6. The molecule has 0 saturated heterocycles. The van der Waals surface area contributed by atoms with Crippen molar-refractivity contribution in [2.45, 2.75) is 19.9 Å². The molecular formula is C13H18BrNO2. The Labute approximate surface area is 111 Å². The van der Waals surface area contributed by atoms with E-state index in [2.05, 4.69) is 44.6 Å². The lowest BCUT2D eigenvalue weighted by atomic mass is 10.2. The number of benzene rings is 1. The molecule has 1 aromatic carbocycles. The lowest BCUT2D eigenvalue weighted by Gasteiger charge is -2.19. The molecule has 0 heterocycles. The van der Waals surface area contributed by atoms with Crippen LogP contribution in [0.25, 0.3) is 0 Å². The molecule has 1 rings (SSSR count). The highest BCUT2D eigenvalue weighted by atomic mass is 79.9. The highest BCUT2D eigenvalue weighted by molar-refractivity contribution is 9.10. The molecule has 0 fully saturated rings. The molecule has 0 aliphatic carbocycles. The van der Waals surface area contributed by atoms with Crippen LogP contribution in [-0.2, 0) is 16.1 Å². The molecule has 0 atom stereocenters. The van der Waals surface area contributed by atoms with Gasteiger partial charge in [0, 0.05) is 17.6 Å². The lowest BCUT2D eigenvalue weighted by molar-refractivity contribution is -0.141. The second-order valence-electron chi connectivity index (χ2n) is 3.82. The molecule has 0 amide bonds. The van der Waals surface area contributed by atoms with E-state index in [1.165, 1.54) is 12.7 Å². The summed E-state index contributed by atoms with van der Waals surface area (Å²) in [5.74, 6) is -0.153. The van der Waals surface area contributed by atoms with E-state index < -0.39 is 0 Å². The summed E-state index contributed by atoms with van der Waals surface area (Å²) in [6.07, 6.45) is 0.445. The molecule has 3 nitrogen and oxygen atoms in total. The number of methoxy groups -OCH3 is 1. The minimum absolute atomic E-state index is 0.153. The summed E-state index contributed by atoms with van der Waals surface area (Å²) in [5, 5.41) is 0. The second kappa shape index (κ2) is 7.45. The first-order valence-electron chi connectivity index (χ1n) is 5.69. The van der Waals surface area contributed by atoms with E-state index in [-0.39, 0.29) is 5.97 Å². The molecule has 17 heavy (non-hydrogen) atoms. The van der Waals surface area contributed by atoms with Gasteiger partial charge >= 0.3 is 5.97 Å². The SMILES string of the molecule is CCN(CCC(=O)OC)Cc1ccc(Br)cc1. The first kappa shape index (κ1) is 14.2. The van der Waals surface area contributed by atoms with Crippen LogP contribution in [0, 0.1) is 0 Å². The maximum absolute atomic E-state index is 11.1. The summed E-state index contributed by atoms with van der Waals surface area (Å²) >= 11 is 3.41. The smallest absolute Gasteiger partial charge is 0.306 e. The number of ether oxygens (including phenoxy) is 1. The van der Waals surface area contributed by atoms with E-state index in [1.807, 2.05) is 12.1 Å². The second-order valence-corrected chi connectivity index (χ2v) is 4.74. The Morgan fingerprint density at radius 1 is 1.35 bits per heavy atom. The Hall–Kier alpha value is -0.870. The maximum atomic E-state index is 11.1. The van der Waals surface area contributed by atoms with Crippen molar-refractivity contribution >= 4 is 21.9 Å². The van der Waals surface area contributed by atoms with Gasteiger partial charge in [-0.25, -0.2) is 0 Å². The minimum atomic E-state index is -0.153. The van der Waals surface area contributed by atoms with E-state index in [0.29, 0.717) is 6.42 Å². The van der Waals surface area contributed by atoms with E-state index in [4.69, 9.17) is 0 Å². The van der Waals surface area contributed by atoms with Crippen molar-refractivity contribution in [2.24, 2.45) is 0 Å². The molecule has 0 aliphatic rings. The van der Waals surface area contributed by atoms with Crippen LogP contribution in [0.1, 0.15) is 18.9 Å². The molecule has 0 aliphatic heterocycles. The zero-order valence-electron chi connectivity index (χ0n) is 10.3. The number of hydrogen-bond donors (Lipinski definition) is 0. The van der Waals surface area contributed by atoms with Gasteiger partial charge in [0.2, 0.25) is 0 Å². The molecule has 1 aromatic rings. The summed E-state index contributed by atoms with van der Waals surface area (Å²) in [7, 11) is 1.42. The summed E-state index contributed by atoms with van der Waals surface area (Å²) < 4.78 is 5.72. The Kier molecular flexibility index (Phi) is 6.22. The number of carbonyl (C=O) groups excluding carboxylic acids is 1. The Balaban J connectivity index is 2.46. The third-order valence-electron chi connectivity index (χ3n) is 2.63. The van der Waals surface area contributed by atoms with Crippen LogP contribution in [0.15, 0.2) is 28.7 Å². The topological polar surface area (TPSA) is 29.5 Å². The zero-order chi connectivity index (χ0) is 12.7. The fourth-order valence-electron chi connectivity index (χ4n) is 1.55. The van der Waals surface area contributed by atoms with Gasteiger partial charge in [0.1, 0.15) is 0 Å². The summed E-state index contributed by atoms with van der Waals surface area (Å²) in [6.45, 7) is 4.61. The van der Waals surface area contributed by atoms with Crippen molar-refractivity contribution in [1.82, 2.24) is 4.90 Å². The van der Waals surface area contributed by atoms with Crippen LogP contribution in [0.3, 0.4) is 0 Å². The van der Waals surface area contributed by atoms with Crippen LogP contribution in [0.4, 0.5) is 0 Å². The van der Waals surface area contributed by atoms with Gasteiger partial charge in [0.05, 0.1) is 13.5 Å². The van der Waals surface area contributed by atoms with Crippen LogP contribution in [0.2, 0.25) is 0 Å². The molecule has 94 valence electrons. The van der Waals surface area contributed by atoms with Gasteiger partial charge in [-0.2, -0.15) is 0 Å². The first-order chi connectivity index (χ1) is 8.15. The number of halogens is 1. The van der Waals surface area contributed by atoms with Crippen LogP contribution in [0.5, 0.6) is 0 Å².